The molecule has 5 nitrogen and oxygen atoms in total. The molecular weight excluding hydrogens is 306 g/mol. The predicted octanol–water partition coefficient (Wildman–Crippen LogP) is 4.17. The number of ether oxygens (including phenoxy) is 3. The van der Waals surface area contributed by atoms with Gasteiger partial charge in [0.25, 0.3) is 0 Å². The van der Waals surface area contributed by atoms with Gasteiger partial charge in [0.1, 0.15) is 11.3 Å². The lowest BCUT2D eigenvalue weighted by atomic mass is 10.1. The van der Waals surface area contributed by atoms with Gasteiger partial charge in [0, 0.05) is 17.8 Å². The molecule has 3 aromatic rings. The summed E-state index contributed by atoms with van der Waals surface area (Å²) in [6, 6.07) is 7.13. The Morgan fingerprint density at radius 3 is 2.23 bits per heavy atom. The Morgan fingerprint density at radius 1 is 1.00 bits per heavy atom. The van der Waals surface area contributed by atoms with Crippen LogP contribution in [0.3, 0.4) is 0 Å². The van der Waals surface area contributed by atoms with Crippen LogP contribution in [0.25, 0.3) is 22.4 Å². The van der Waals surface area contributed by atoms with Gasteiger partial charge >= 0.3 is 0 Å². The smallest absolute Gasteiger partial charge is 0.203 e. The normalized spacial score (nSPS) is 10.7. The van der Waals surface area contributed by atoms with Crippen LogP contribution in [0.1, 0.15) is 0 Å². The van der Waals surface area contributed by atoms with Crippen LogP contribution in [0, 0.1) is 0 Å². The van der Waals surface area contributed by atoms with Crippen LogP contribution < -0.4 is 14.2 Å². The standard InChI is InChI=1S/C16H14ClNO4/c1-19-13-6-9(7-14(20-2)16(13)21-3)12-8-11-15(22-12)10(17)4-5-18-11/h4-8H,1-3H3. The number of aromatic nitrogens is 1. The lowest BCUT2D eigenvalue weighted by molar-refractivity contribution is 0.324. The topological polar surface area (TPSA) is 53.7 Å². The van der Waals surface area contributed by atoms with E-state index in [-0.39, 0.29) is 0 Å². The predicted molar refractivity (Wildman–Crippen MR) is 84.1 cm³/mol. The Labute approximate surface area is 132 Å². The number of furan rings is 1. The fourth-order valence-corrected chi connectivity index (χ4v) is 2.46. The number of benzene rings is 1. The maximum atomic E-state index is 6.12. The van der Waals surface area contributed by atoms with Crippen molar-refractivity contribution < 1.29 is 18.6 Å². The molecular formula is C16H14ClNO4. The second kappa shape index (κ2) is 5.77. The van der Waals surface area contributed by atoms with Gasteiger partial charge < -0.3 is 18.6 Å². The molecule has 0 unspecified atom stereocenters. The molecule has 6 heteroatoms. The van der Waals surface area contributed by atoms with Crippen molar-refractivity contribution in [2.45, 2.75) is 0 Å². The summed E-state index contributed by atoms with van der Waals surface area (Å²) in [6.45, 7) is 0. The summed E-state index contributed by atoms with van der Waals surface area (Å²) in [5.74, 6) is 2.25. The summed E-state index contributed by atoms with van der Waals surface area (Å²) < 4.78 is 21.8. The van der Waals surface area contributed by atoms with E-state index in [2.05, 4.69) is 4.98 Å². The lowest BCUT2D eigenvalue weighted by Crippen LogP contribution is -1.95. The second-order valence-electron chi connectivity index (χ2n) is 4.53. The highest BCUT2D eigenvalue weighted by molar-refractivity contribution is 6.34. The van der Waals surface area contributed by atoms with Gasteiger partial charge in [-0.2, -0.15) is 0 Å². The maximum absolute atomic E-state index is 6.12. The Morgan fingerprint density at radius 2 is 1.68 bits per heavy atom. The Bertz CT molecular complexity index is 803. The summed E-state index contributed by atoms with van der Waals surface area (Å²) in [5, 5.41) is 0.517. The van der Waals surface area contributed by atoms with Gasteiger partial charge in [-0.05, 0) is 18.2 Å². The van der Waals surface area contributed by atoms with E-state index in [9.17, 15) is 0 Å². The van der Waals surface area contributed by atoms with Gasteiger partial charge in [-0.15, -0.1) is 0 Å². The van der Waals surface area contributed by atoms with E-state index in [4.69, 9.17) is 30.2 Å². The highest BCUT2D eigenvalue weighted by atomic mass is 35.5. The lowest BCUT2D eigenvalue weighted by Gasteiger charge is -2.13. The van der Waals surface area contributed by atoms with E-state index in [0.29, 0.717) is 39.1 Å². The van der Waals surface area contributed by atoms with E-state index in [1.807, 2.05) is 18.2 Å². The van der Waals surface area contributed by atoms with Crippen LogP contribution in [0.2, 0.25) is 5.02 Å². The number of hydrogen-bond donors (Lipinski definition) is 0. The molecule has 2 heterocycles. The second-order valence-corrected chi connectivity index (χ2v) is 4.94. The van der Waals surface area contributed by atoms with Gasteiger partial charge in [-0.3, -0.25) is 4.98 Å². The van der Waals surface area contributed by atoms with E-state index in [1.165, 1.54) is 0 Å². The molecule has 0 aliphatic heterocycles. The fourth-order valence-electron chi connectivity index (χ4n) is 2.27. The number of hydrogen-bond acceptors (Lipinski definition) is 5. The minimum Gasteiger partial charge on any atom is -0.493 e. The molecule has 114 valence electrons. The Balaban J connectivity index is 2.19. The van der Waals surface area contributed by atoms with Crippen molar-refractivity contribution in [1.29, 1.82) is 0 Å². The van der Waals surface area contributed by atoms with Crippen molar-refractivity contribution >= 4 is 22.7 Å². The first-order chi connectivity index (χ1) is 10.7. The van der Waals surface area contributed by atoms with E-state index in [1.54, 1.807) is 33.6 Å². The van der Waals surface area contributed by atoms with Crippen LogP contribution in [-0.2, 0) is 0 Å². The van der Waals surface area contributed by atoms with Gasteiger partial charge in [-0.25, -0.2) is 0 Å². The average molecular weight is 320 g/mol. The number of rotatable bonds is 4. The summed E-state index contributed by atoms with van der Waals surface area (Å²) in [5.41, 5.74) is 2.02. The van der Waals surface area contributed by atoms with Crippen LogP contribution >= 0.6 is 11.6 Å². The molecule has 0 aliphatic carbocycles. The molecule has 0 saturated carbocycles. The average Bonchev–Trinajstić information content (AvgIpc) is 2.99. The first-order valence-electron chi connectivity index (χ1n) is 6.52. The quantitative estimate of drug-likeness (QED) is 0.722. The van der Waals surface area contributed by atoms with E-state index in [0.717, 1.165) is 5.56 Å². The molecule has 0 N–H and O–H groups in total. The Hall–Kier alpha value is -2.40. The molecule has 22 heavy (non-hydrogen) atoms. The third-order valence-electron chi connectivity index (χ3n) is 3.31. The minimum atomic E-state index is 0.517. The van der Waals surface area contributed by atoms with Crippen LogP contribution in [0.15, 0.2) is 34.9 Å². The monoisotopic (exact) mass is 319 g/mol. The van der Waals surface area contributed by atoms with Crippen molar-refractivity contribution in [2.24, 2.45) is 0 Å². The van der Waals surface area contributed by atoms with Crippen molar-refractivity contribution in [3.63, 3.8) is 0 Å². The Kier molecular flexibility index (Phi) is 3.81. The molecule has 0 aliphatic rings. The van der Waals surface area contributed by atoms with Crippen LogP contribution in [-0.4, -0.2) is 26.3 Å². The fraction of sp³-hybridized carbons (Fsp3) is 0.188. The molecule has 0 atom stereocenters. The highest BCUT2D eigenvalue weighted by Gasteiger charge is 2.17. The molecule has 2 aromatic heterocycles. The van der Waals surface area contributed by atoms with Gasteiger partial charge in [-0.1, -0.05) is 11.6 Å². The zero-order chi connectivity index (χ0) is 15.7. The van der Waals surface area contributed by atoms with Gasteiger partial charge in [0.15, 0.2) is 17.1 Å². The zero-order valence-electron chi connectivity index (χ0n) is 12.3. The maximum Gasteiger partial charge on any atom is 0.203 e. The van der Waals surface area contributed by atoms with E-state index >= 15 is 0 Å². The van der Waals surface area contributed by atoms with E-state index < -0.39 is 0 Å². The molecule has 3 rings (SSSR count). The molecule has 0 bridgehead atoms. The zero-order valence-corrected chi connectivity index (χ0v) is 13.1. The number of methoxy groups -OCH3 is 3. The molecule has 0 fully saturated rings. The third kappa shape index (κ3) is 2.33. The van der Waals surface area contributed by atoms with Crippen LogP contribution in [0.5, 0.6) is 17.2 Å². The molecule has 0 radical (unpaired) electrons. The number of halogens is 1. The summed E-state index contributed by atoms with van der Waals surface area (Å²) >= 11 is 6.12. The summed E-state index contributed by atoms with van der Waals surface area (Å²) in [4.78, 5) is 4.24. The third-order valence-corrected chi connectivity index (χ3v) is 3.61. The number of pyridine rings is 1. The highest BCUT2D eigenvalue weighted by Crippen LogP contribution is 2.42. The number of fused-ring (bicyclic) bond motifs is 1. The largest absolute Gasteiger partial charge is 0.493 e. The molecule has 1 aromatic carbocycles. The van der Waals surface area contributed by atoms with Crippen molar-refractivity contribution in [2.75, 3.05) is 21.3 Å². The first kappa shape index (κ1) is 14.5. The molecule has 0 amide bonds. The van der Waals surface area contributed by atoms with Crippen molar-refractivity contribution in [3.8, 4) is 28.6 Å². The minimum absolute atomic E-state index is 0.517. The summed E-state index contributed by atoms with van der Waals surface area (Å²) in [6.07, 6.45) is 1.64. The van der Waals surface area contributed by atoms with Crippen molar-refractivity contribution in [1.82, 2.24) is 4.98 Å². The van der Waals surface area contributed by atoms with Crippen LogP contribution in [0.4, 0.5) is 0 Å². The summed E-state index contributed by atoms with van der Waals surface area (Å²) in [7, 11) is 4.70. The molecule has 0 saturated heterocycles. The van der Waals surface area contributed by atoms with Gasteiger partial charge in [0.05, 0.1) is 26.4 Å². The molecule has 0 spiro atoms. The SMILES string of the molecule is COc1cc(-c2cc3nccc(Cl)c3o2)cc(OC)c1OC. The van der Waals surface area contributed by atoms with Crippen molar-refractivity contribution in [3.05, 3.63) is 35.5 Å². The first-order valence-corrected chi connectivity index (χ1v) is 6.90. The number of nitrogens with zero attached hydrogens (tertiary/aromatic N) is 1. The van der Waals surface area contributed by atoms with Gasteiger partial charge in [0.2, 0.25) is 5.75 Å².